The lowest BCUT2D eigenvalue weighted by Gasteiger charge is -2.07. The lowest BCUT2D eigenvalue weighted by atomic mass is 10.4. The van der Waals surface area contributed by atoms with Crippen molar-refractivity contribution < 1.29 is 19.5 Å². The number of aromatic carboxylic acids is 1. The van der Waals surface area contributed by atoms with Crippen LogP contribution >= 0.6 is 0 Å². The first-order valence-electron chi connectivity index (χ1n) is 6.56. The van der Waals surface area contributed by atoms with E-state index in [1.165, 1.54) is 12.5 Å². The minimum absolute atomic E-state index is 0.0404. The topological polar surface area (TPSA) is 125 Å². The van der Waals surface area contributed by atoms with Gasteiger partial charge in [0, 0.05) is 38.8 Å². The first kappa shape index (κ1) is 16.5. The van der Waals surface area contributed by atoms with Crippen LogP contribution in [0.2, 0.25) is 0 Å². The fourth-order valence-electron chi connectivity index (χ4n) is 1.53. The summed E-state index contributed by atoms with van der Waals surface area (Å²) in [5.74, 6) is -1.21. The number of carboxylic acids is 1. The summed E-state index contributed by atoms with van der Waals surface area (Å²) in [6.07, 6.45) is 3.00. The van der Waals surface area contributed by atoms with Gasteiger partial charge in [-0.1, -0.05) is 0 Å². The van der Waals surface area contributed by atoms with Crippen LogP contribution in [0.15, 0.2) is 12.5 Å². The van der Waals surface area contributed by atoms with E-state index in [1.807, 2.05) is 6.92 Å². The highest BCUT2D eigenvalue weighted by atomic mass is 16.4. The van der Waals surface area contributed by atoms with Crippen LogP contribution in [0.4, 0.5) is 4.79 Å². The molecule has 0 saturated carbocycles. The number of nitrogens with one attached hydrogen (secondary N) is 3. The summed E-state index contributed by atoms with van der Waals surface area (Å²) in [4.78, 5) is 36.9. The number of imidazole rings is 1. The van der Waals surface area contributed by atoms with Gasteiger partial charge in [-0.05, 0) is 6.92 Å². The molecule has 1 aromatic rings. The van der Waals surface area contributed by atoms with Crippen LogP contribution in [0.25, 0.3) is 0 Å². The lowest BCUT2D eigenvalue weighted by Crippen LogP contribution is -2.39. The normalized spacial score (nSPS) is 9.95. The first-order chi connectivity index (χ1) is 10.0. The SMILES string of the molecule is CCNC(=O)CCNC(=O)NCCn1cnc(C(=O)O)c1. The maximum atomic E-state index is 11.4. The van der Waals surface area contributed by atoms with Crippen molar-refractivity contribution in [2.45, 2.75) is 19.9 Å². The zero-order valence-corrected chi connectivity index (χ0v) is 11.8. The van der Waals surface area contributed by atoms with Crippen LogP contribution in [0.1, 0.15) is 23.8 Å². The first-order valence-corrected chi connectivity index (χ1v) is 6.56. The van der Waals surface area contributed by atoms with Gasteiger partial charge in [0.1, 0.15) is 0 Å². The summed E-state index contributed by atoms with van der Waals surface area (Å²) in [5.41, 5.74) is -0.0404. The van der Waals surface area contributed by atoms with Crippen LogP contribution in [-0.4, -0.2) is 52.2 Å². The molecule has 0 unspecified atom stereocenters. The fourth-order valence-corrected chi connectivity index (χ4v) is 1.53. The Balaban J connectivity index is 2.15. The van der Waals surface area contributed by atoms with Crippen molar-refractivity contribution in [3.63, 3.8) is 0 Å². The zero-order chi connectivity index (χ0) is 15.7. The Hall–Kier alpha value is -2.58. The van der Waals surface area contributed by atoms with Gasteiger partial charge in [-0.3, -0.25) is 4.79 Å². The van der Waals surface area contributed by atoms with Crippen molar-refractivity contribution in [2.75, 3.05) is 19.6 Å². The maximum absolute atomic E-state index is 11.4. The van der Waals surface area contributed by atoms with Gasteiger partial charge >= 0.3 is 12.0 Å². The third-order valence-electron chi connectivity index (χ3n) is 2.52. The molecule has 9 heteroatoms. The van der Waals surface area contributed by atoms with Crippen molar-refractivity contribution in [3.05, 3.63) is 18.2 Å². The molecule has 0 aliphatic rings. The molecular formula is C12H19N5O4. The molecule has 0 radical (unpaired) electrons. The standard InChI is InChI=1S/C12H19N5O4/c1-2-13-10(18)3-4-14-12(21)15-5-6-17-7-9(11(19)20)16-8-17/h7-8H,2-6H2,1H3,(H,13,18)(H,19,20)(H2,14,15,21). The number of hydrogen-bond donors (Lipinski definition) is 4. The lowest BCUT2D eigenvalue weighted by molar-refractivity contribution is -0.120. The number of carboxylic acid groups (broad SMARTS) is 1. The Kier molecular flexibility index (Phi) is 6.72. The highest BCUT2D eigenvalue weighted by molar-refractivity contribution is 5.84. The second-order valence-corrected chi connectivity index (χ2v) is 4.19. The Morgan fingerprint density at radius 2 is 1.95 bits per heavy atom. The van der Waals surface area contributed by atoms with Gasteiger partial charge in [0.15, 0.2) is 5.69 Å². The second-order valence-electron chi connectivity index (χ2n) is 4.19. The second kappa shape index (κ2) is 8.56. The minimum Gasteiger partial charge on any atom is -0.476 e. The molecule has 1 rings (SSSR count). The molecule has 9 nitrogen and oxygen atoms in total. The molecule has 0 aliphatic heterocycles. The monoisotopic (exact) mass is 297 g/mol. The summed E-state index contributed by atoms with van der Waals surface area (Å²) in [5, 5.41) is 16.5. The third-order valence-corrected chi connectivity index (χ3v) is 2.52. The van der Waals surface area contributed by atoms with E-state index in [4.69, 9.17) is 5.11 Å². The van der Waals surface area contributed by atoms with Crippen LogP contribution in [0.3, 0.4) is 0 Å². The third kappa shape index (κ3) is 6.41. The number of urea groups is 1. The maximum Gasteiger partial charge on any atom is 0.356 e. The molecule has 0 saturated heterocycles. The smallest absolute Gasteiger partial charge is 0.356 e. The van der Waals surface area contributed by atoms with Crippen molar-refractivity contribution in [1.29, 1.82) is 0 Å². The quantitative estimate of drug-likeness (QED) is 0.510. The molecule has 0 aliphatic carbocycles. The van der Waals surface area contributed by atoms with Gasteiger partial charge in [-0.2, -0.15) is 0 Å². The number of rotatable bonds is 8. The van der Waals surface area contributed by atoms with E-state index >= 15 is 0 Å². The molecule has 0 aromatic carbocycles. The highest BCUT2D eigenvalue weighted by Gasteiger charge is 2.06. The van der Waals surface area contributed by atoms with Crippen molar-refractivity contribution in [1.82, 2.24) is 25.5 Å². The van der Waals surface area contributed by atoms with E-state index in [0.717, 1.165) is 0 Å². The van der Waals surface area contributed by atoms with E-state index in [2.05, 4.69) is 20.9 Å². The number of carbonyl (C=O) groups is 3. The van der Waals surface area contributed by atoms with E-state index in [0.29, 0.717) is 19.6 Å². The van der Waals surface area contributed by atoms with Crippen LogP contribution < -0.4 is 16.0 Å². The molecule has 21 heavy (non-hydrogen) atoms. The van der Waals surface area contributed by atoms with Gasteiger partial charge in [0.2, 0.25) is 5.91 Å². The van der Waals surface area contributed by atoms with Crippen molar-refractivity contribution in [2.24, 2.45) is 0 Å². The predicted octanol–water partition coefficient (Wildman–Crippen LogP) is -0.593. The molecule has 0 bridgehead atoms. The Morgan fingerprint density at radius 3 is 2.57 bits per heavy atom. The summed E-state index contributed by atoms with van der Waals surface area (Å²) >= 11 is 0. The van der Waals surface area contributed by atoms with Crippen molar-refractivity contribution >= 4 is 17.9 Å². The Labute approximate surface area is 121 Å². The van der Waals surface area contributed by atoms with Gasteiger partial charge in [0.05, 0.1) is 6.33 Å². The molecule has 0 spiro atoms. The molecule has 0 fully saturated rings. The van der Waals surface area contributed by atoms with E-state index in [1.54, 1.807) is 4.57 Å². The molecule has 116 valence electrons. The minimum atomic E-state index is -1.09. The summed E-state index contributed by atoms with van der Waals surface area (Å²) in [7, 11) is 0. The summed E-state index contributed by atoms with van der Waals surface area (Å²) in [6, 6.07) is -0.377. The molecule has 0 atom stereocenters. The average molecular weight is 297 g/mol. The van der Waals surface area contributed by atoms with Crippen LogP contribution in [0, 0.1) is 0 Å². The zero-order valence-electron chi connectivity index (χ0n) is 11.8. The molecule has 3 amide bonds. The van der Waals surface area contributed by atoms with Gasteiger partial charge in [0.25, 0.3) is 0 Å². The van der Waals surface area contributed by atoms with Crippen LogP contribution in [0.5, 0.6) is 0 Å². The molecule has 1 aromatic heterocycles. The highest BCUT2D eigenvalue weighted by Crippen LogP contribution is 1.95. The number of amides is 3. The van der Waals surface area contributed by atoms with Gasteiger partial charge in [-0.15, -0.1) is 0 Å². The number of hydrogen-bond acceptors (Lipinski definition) is 4. The van der Waals surface area contributed by atoms with Crippen LogP contribution in [-0.2, 0) is 11.3 Å². The average Bonchev–Trinajstić information content (AvgIpc) is 2.88. The molecule has 1 heterocycles. The molecular weight excluding hydrogens is 278 g/mol. The summed E-state index contributed by atoms with van der Waals surface area (Å²) < 4.78 is 1.57. The largest absolute Gasteiger partial charge is 0.476 e. The number of nitrogens with zero attached hydrogens (tertiary/aromatic N) is 2. The van der Waals surface area contributed by atoms with E-state index in [9.17, 15) is 14.4 Å². The fraction of sp³-hybridized carbons (Fsp3) is 0.500. The Bertz CT molecular complexity index is 500. The summed E-state index contributed by atoms with van der Waals surface area (Å²) in [6.45, 7) is 3.37. The Morgan fingerprint density at radius 1 is 1.24 bits per heavy atom. The van der Waals surface area contributed by atoms with Gasteiger partial charge in [-0.25, -0.2) is 14.6 Å². The predicted molar refractivity (Wildman–Crippen MR) is 73.9 cm³/mol. The van der Waals surface area contributed by atoms with E-state index in [-0.39, 0.29) is 30.6 Å². The molecule has 4 N–H and O–H groups in total. The van der Waals surface area contributed by atoms with E-state index < -0.39 is 5.97 Å². The number of carbonyl (C=O) groups excluding carboxylic acids is 2. The van der Waals surface area contributed by atoms with Gasteiger partial charge < -0.3 is 25.6 Å². The number of aromatic nitrogens is 2. The van der Waals surface area contributed by atoms with Crippen molar-refractivity contribution in [3.8, 4) is 0 Å².